The van der Waals surface area contributed by atoms with Crippen LogP contribution in [0.4, 0.5) is 10.2 Å². The maximum atomic E-state index is 14.1. The molecule has 2 saturated heterocycles. The molecule has 0 bridgehead atoms. The number of fused-ring (bicyclic) bond motifs is 1. The zero-order chi connectivity index (χ0) is 28.5. The lowest BCUT2D eigenvalue weighted by molar-refractivity contribution is -0.0594. The van der Waals surface area contributed by atoms with Crippen molar-refractivity contribution in [3.63, 3.8) is 0 Å². The van der Waals surface area contributed by atoms with Crippen LogP contribution in [-0.4, -0.2) is 69.4 Å². The lowest BCUT2D eigenvalue weighted by Crippen LogP contribution is -2.48. The van der Waals surface area contributed by atoms with Gasteiger partial charge in [-0.2, -0.15) is 4.98 Å². The fourth-order valence-electron chi connectivity index (χ4n) is 5.37. The molecule has 41 heavy (non-hydrogen) atoms. The van der Waals surface area contributed by atoms with Crippen molar-refractivity contribution in [1.29, 1.82) is 0 Å². The maximum Gasteiger partial charge on any atom is 0.335 e. The normalized spacial score (nSPS) is 18.3. The molecule has 4 heterocycles. The number of hydrogen-bond acceptors (Lipinski definition) is 7. The molecule has 2 aliphatic heterocycles. The van der Waals surface area contributed by atoms with Gasteiger partial charge < -0.3 is 24.0 Å². The molecule has 1 N–H and O–H groups in total. The molecule has 2 aromatic heterocycles. The minimum absolute atomic E-state index is 0.0230. The second-order valence-corrected chi connectivity index (χ2v) is 10.9. The van der Waals surface area contributed by atoms with Crippen LogP contribution in [0.3, 0.4) is 0 Å². The first-order valence-corrected chi connectivity index (χ1v) is 14.1. The summed E-state index contributed by atoms with van der Waals surface area (Å²) in [6.45, 7) is 6.74. The van der Waals surface area contributed by atoms with E-state index in [0.717, 1.165) is 61.9 Å². The summed E-state index contributed by atoms with van der Waals surface area (Å²) in [5.41, 5.74) is 2.27. The van der Waals surface area contributed by atoms with Crippen LogP contribution in [-0.2, 0) is 17.9 Å². The number of carbonyl (C=O) groups is 1. The van der Waals surface area contributed by atoms with E-state index in [1.807, 2.05) is 12.1 Å². The number of anilines is 1. The Bertz CT molecular complexity index is 1570. The summed E-state index contributed by atoms with van der Waals surface area (Å²) in [6, 6.07) is 15.2. The molecule has 214 valence electrons. The van der Waals surface area contributed by atoms with Gasteiger partial charge in [-0.3, -0.25) is 4.90 Å². The van der Waals surface area contributed by atoms with E-state index < -0.39 is 11.8 Å². The van der Waals surface area contributed by atoms with Gasteiger partial charge in [-0.25, -0.2) is 14.2 Å². The van der Waals surface area contributed by atoms with Gasteiger partial charge in [0.05, 0.1) is 35.3 Å². The summed E-state index contributed by atoms with van der Waals surface area (Å²) in [4.78, 5) is 25.8. The van der Waals surface area contributed by atoms with Gasteiger partial charge in [-0.15, -0.1) is 0 Å². The predicted molar refractivity (Wildman–Crippen MR) is 153 cm³/mol. The van der Waals surface area contributed by atoms with Crippen LogP contribution in [0.25, 0.3) is 11.0 Å². The molecule has 2 fully saturated rings. The number of rotatable bonds is 9. The molecular formula is C30H31ClFN5O4. The summed E-state index contributed by atoms with van der Waals surface area (Å²) in [5, 5.41) is 9.88. The van der Waals surface area contributed by atoms with Crippen LogP contribution in [0.2, 0.25) is 5.02 Å². The molecule has 0 amide bonds. The second-order valence-electron chi connectivity index (χ2n) is 10.4. The number of aromatic carboxylic acids is 1. The van der Waals surface area contributed by atoms with Gasteiger partial charge in [-0.05, 0) is 49.7 Å². The van der Waals surface area contributed by atoms with E-state index in [9.17, 15) is 14.3 Å². The average Bonchev–Trinajstić information content (AvgIpc) is 3.32. The number of hydrogen-bond donors (Lipinski definition) is 1. The van der Waals surface area contributed by atoms with E-state index in [2.05, 4.69) is 26.3 Å². The van der Waals surface area contributed by atoms with Crippen LogP contribution in [0.1, 0.15) is 41.1 Å². The molecule has 2 aromatic carbocycles. The molecule has 2 aliphatic rings. The van der Waals surface area contributed by atoms with Crippen molar-refractivity contribution in [3.8, 4) is 5.88 Å². The van der Waals surface area contributed by atoms with Gasteiger partial charge >= 0.3 is 5.97 Å². The zero-order valence-electron chi connectivity index (χ0n) is 22.7. The van der Waals surface area contributed by atoms with E-state index in [4.69, 9.17) is 26.1 Å². The lowest BCUT2D eigenvalue weighted by atomic mass is 10.1. The van der Waals surface area contributed by atoms with Crippen LogP contribution in [0, 0.1) is 5.82 Å². The highest BCUT2D eigenvalue weighted by molar-refractivity contribution is 6.30. The minimum Gasteiger partial charge on any atom is -0.478 e. The third-order valence-electron chi connectivity index (χ3n) is 7.86. The summed E-state index contributed by atoms with van der Waals surface area (Å²) >= 11 is 5.84. The number of pyridine rings is 1. The number of carboxylic acids is 1. The Kier molecular flexibility index (Phi) is 7.79. The van der Waals surface area contributed by atoms with E-state index in [-0.39, 0.29) is 24.3 Å². The summed E-state index contributed by atoms with van der Waals surface area (Å²) in [6.07, 6.45) is 1.09. The minimum atomic E-state index is -0.953. The first-order chi connectivity index (χ1) is 19.9. The molecule has 0 spiro atoms. The third kappa shape index (κ3) is 5.86. The predicted octanol–water partition coefficient (Wildman–Crippen LogP) is 5.17. The molecule has 4 aromatic rings. The highest BCUT2D eigenvalue weighted by atomic mass is 35.5. The van der Waals surface area contributed by atoms with Crippen molar-refractivity contribution in [1.82, 2.24) is 19.4 Å². The van der Waals surface area contributed by atoms with Gasteiger partial charge in [-0.1, -0.05) is 23.7 Å². The highest BCUT2D eigenvalue weighted by Crippen LogP contribution is 2.29. The monoisotopic (exact) mass is 579 g/mol. The molecule has 6 rings (SSSR count). The van der Waals surface area contributed by atoms with E-state index in [1.54, 1.807) is 36.4 Å². The van der Waals surface area contributed by atoms with Crippen LogP contribution in [0.15, 0.2) is 54.6 Å². The van der Waals surface area contributed by atoms with E-state index in [1.165, 1.54) is 6.07 Å². The van der Waals surface area contributed by atoms with Crippen molar-refractivity contribution in [3.05, 3.63) is 82.4 Å². The average molecular weight is 580 g/mol. The molecule has 0 unspecified atom stereocenters. The SMILES string of the molecule is C[C@@H](c1nc2ccc(C(=O)O)cc2n1C[C@@H]1CCO1)N1CCN(c2cccc(OCc3ccc(Cl)cc3F)n2)CC1. The third-order valence-corrected chi connectivity index (χ3v) is 8.10. The fourth-order valence-corrected chi connectivity index (χ4v) is 5.53. The van der Waals surface area contributed by atoms with Crippen LogP contribution >= 0.6 is 11.6 Å². The number of ether oxygens (including phenoxy) is 2. The molecule has 2 atom stereocenters. The second kappa shape index (κ2) is 11.6. The Morgan fingerprint density at radius 3 is 2.66 bits per heavy atom. The largest absolute Gasteiger partial charge is 0.478 e. The Morgan fingerprint density at radius 2 is 1.95 bits per heavy atom. The molecule has 11 heteroatoms. The molecule has 0 radical (unpaired) electrons. The number of benzene rings is 2. The van der Waals surface area contributed by atoms with Crippen LogP contribution in [0.5, 0.6) is 5.88 Å². The zero-order valence-corrected chi connectivity index (χ0v) is 23.4. The molecule has 0 saturated carbocycles. The lowest BCUT2D eigenvalue weighted by Gasteiger charge is -2.38. The quantitative estimate of drug-likeness (QED) is 0.290. The Morgan fingerprint density at radius 1 is 1.15 bits per heavy atom. The first-order valence-electron chi connectivity index (χ1n) is 13.7. The number of carboxylic acid groups (broad SMARTS) is 1. The van der Waals surface area contributed by atoms with E-state index in [0.29, 0.717) is 23.0 Å². The first kappa shape index (κ1) is 27.4. The van der Waals surface area contributed by atoms with Gasteiger partial charge in [0.2, 0.25) is 5.88 Å². The van der Waals surface area contributed by atoms with Crippen molar-refractivity contribution < 1.29 is 23.8 Å². The Hall–Kier alpha value is -3.73. The Balaban J connectivity index is 1.14. The number of aromatic nitrogens is 3. The standard InChI is InChI=1S/C30H31ClFN5O4/c1-19(29-33-25-8-6-20(30(38)39)15-26(25)37(29)17-23-9-14-40-23)35-10-12-36(13-11-35)27-3-2-4-28(34-27)41-18-21-5-7-22(31)16-24(21)32/h2-8,15-16,19,23H,9-14,17-18H2,1H3,(H,38,39)/t19-,23-/m0/s1. The fraction of sp³-hybridized carbons (Fsp3) is 0.367. The number of piperazine rings is 1. The van der Waals surface area contributed by atoms with Crippen molar-refractivity contribution in [2.75, 3.05) is 37.7 Å². The van der Waals surface area contributed by atoms with Crippen molar-refractivity contribution in [2.45, 2.75) is 38.6 Å². The van der Waals surface area contributed by atoms with Gasteiger partial charge in [0.25, 0.3) is 0 Å². The smallest absolute Gasteiger partial charge is 0.335 e. The number of nitrogens with zero attached hydrogens (tertiary/aromatic N) is 5. The maximum absolute atomic E-state index is 14.1. The summed E-state index contributed by atoms with van der Waals surface area (Å²) in [5.74, 6) is 0.789. The van der Waals surface area contributed by atoms with Crippen LogP contribution < -0.4 is 9.64 Å². The highest BCUT2D eigenvalue weighted by Gasteiger charge is 2.29. The van der Waals surface area contributed by atoms with Crippen molar-refractivity contribution in [2.24, 2.45) is 0 Å². The molecule has 0 aliphatic carbocycles. The molecule has 9 nitrogen and oxygen atoms in total. The Labute approximate surface area is 242 Å². The summed E-state index contributed by atoms with van der Waals surface area (Å²) < 4.78 is 27.8. The van der Waals surface area contributed by atoms with E-state index >= 15 is 0 Å². The van der Waals surface area contributed by atoms with Gasteiger partial charge in [0.15, 0.2) is 0 Å². The van der Waals surface area contributed by atoms with Gasteiger partial charge in [0.1, 0.15) is 24.1 Å². The number of imidazole rings is 1. The van der Waals surface area contributed by atoms with Gasteiger partial charge in [0, 0.05) is 49.4 Å². The van der Waals surface area contributed by atoms with Crippen molar-refractivity contribution >= 4 is 34.4 Å². The number of halogens is 2. The topological polar surface area (TPSA) is 92.9 Å². The summed E-state index contributed by atoms with van der Waals surface area (Å²) in [7, 11) is 0. The molecular weight excluding hydrogens is 549 g/mol.